The summed E-state index contributed by atoms with van der Waals surface area (Å²) in [5.41, 5.74) is 0.198. The second-order valence-corrected chi connectivity index (χ2v) is 7.43. The molecule has 1 atom stereocenters. The number of nitrogens with one attached hydrogen (secondary N) is 1. The topological polar surface area (TPSA) is 52.9 Å². The van der Waals surface area contributed by atoms with Crippen LogP contribution < -0.4 is 5.32 Å². The van der Waals surface area contributed by atoms with Crippen molar-refractivity contribution in [3.63, 3.8) is 0 Å². The van der Waals surface area contributed by atoms with E-state index in [9.17, 15) is 9.18 Å². The average molecular weight is 304 g/mol. The fourth-order valence-electron chi connectivity index (χ4n) is 2.29. The molecule has 0 heterocycles. The number of carbonyl (C=O) groups is 1. The van der Waals surface area contributed by atoms with Gasteiger partial charge < -0.3 is 5.32 Å². The first-order valence-electron chi connectivity index (χ1n) is 7.48. The number of rotatable bonds is 4. The predicted octanol–water partition coefficient (Wildman–Crippen LogP) is 3.92. The van der Waals surface area contributed by atoms with Gasteiger partial charge in [-0.05, 0) is 49.8 Å². The number of hydrogen-bond acceptors (Lipinski definition) is 2. The van der Waals surface area contributed by atoms with Gasteiger partial charge in [0, 0.05) is 12.0 Å². The standard InChI is InChI=1S/C18H25FN2O/c1-12(9-16(22)21-17(2,3)4)18(5,6)14-8-7-13(11-20)15(19)10-14/h7-8,10,12H,9H2,1-6H3,(H,21,22). The van der Waals surface area contributed by atoms with Crippen LogP contribution in [0, 0.1) is 23.1 Å². The smallest absolute Gasteiger partial charge is 0.220 e. The van der Waals surface area contributed by atoms with Crippen molar-refractivity contribution in [2.75, 3.05) is 0 Å². The highest BCUT2D eigenvalue weighted by atomic mass is 19.1. The normalized spacial score (nSPS) is 13.4. The Bertz CT molecular complexity index is 594. The third-order valence-electron chi connectivity index (χ3n) is 4.07. The summed E-state index contributed by atoms with van der Waals surface area (Å²) in [5, 5.41) is 11.8. The van der Waals surface area contributed by atoms with Crippen LogP contribution in [0.15, 0.2) is 18.2 Å². The molecular formula is C18H25FN2O. The van der Waals surface area contributed by atoms with E-state index in [1.807, 2.05) is 47.6 Å². The molecule has 0 spiro atoms. The van der Waals surface area contributed by atoms with Gasteiger partial charge >= 0.3 is 0 Å². The van der Waals surface area contributed by atoms with Gasteiger partial charge in [0.1, 0.15) is 11.9 Å². The lowest BCUT2D eigenvalue weighted by atomic mass is 9.72. The number of hydrogen-bond donors (Lipinski definition) is 1. The molecule has 1 unspecified atom stereocenters. The van der Waals surface area contributed by atoms with Crippen molar-refractivity contribution >= 4 is 5.91 Å². The molecule has 0 fully saturated rings. The minimum absolute atomic E-state index is 0.0119. The van der Waals surface area contributed by atoms with E-state index in [4.69, 9.17) is 5.26 Å². The van der Waals surface area contributed by atoms with E-state index in [0.717, 1.165) is 5.56 Å². The number of nitrogens with zero attached hydrogens (tertiary/aromatic N) is 1. The summed E-state index contributed by atoms with van der Waals surface area (Å²) in [4.78, 5) is 12.1. The van der Waals surface area contributed by atoms with Gasteiger partial charge in [-0.15, -0.1) is 0 Å². The number of benzene rings is 1. The maximum atomic E-state index is 13.8. The molecule has 0 aromatic heterocycles. The van der Waals surface area contributed by atoms with Crippen molar-refractivity contribution in [3.05, 3.63) is 35.1 Å². The van der Waals surface area contributed by atoms with E-state index in [1.54, 1.807) is 6.07 Å². The third-order valence-corrected chi connectivity index (χ3v) is 4.07. The second kappa shape index (κ2) is 6.48. The summed E-state index contributed by atoms with van der Waals surface area (Å²) in [6, 6.07) is 6.48. The Morgan fingerprint density at radius 2 is 1.91 bits per heavy atom. The first-order valence-corrected chi connectivity index (χ1v) is 7.48. The highest BCUT2D eigenvalue weighted by molar-refractivity contribution is 5.77. The van der Waals surface area contributed by atoms with Gasteiger partial charge in [-0.25, -0.2) is 4.39 Å². The first kappa shape index (κ1) is 18.2. The summed E-state index contributed by atoms with van der Waals surface area (Å²) in [5.74, 6) is -0.496. The van der Waals surface area contributed by atoms with Gasteiger partial charge in [0.05, 0.1) is 5.56 Å². The minimum Gasteiger partial charge on any atom is -0.352 e. The van der Waals surface area contributed by atoms with Crippen molar-refractivity contribution in [1.82, 2.24) is 5.32 Å². The van der Waals surface area contributed by atoms with E-state index in [0.29, 0.717) is 6.42 Å². The van der Waals surface area contributed by atoms with Crippen molar-refractivity contribution < 1.29 is 9.18 Å². The Kier molecular flexibility index (Phi) is 5.35. The Balaban J connectivity index is 2.91. The molecule has 120 valence electrons. The molecule has 0 saturated heterocycles. The molecule has 0 aliphatic heterocycles. The van der Waals surface area contributed by atoms with Crippen molar-refractivity contribution in [1.29, 1.82) is 5.26 Å². The Hall–Kier alpha value is -1.89. The molecule has 0 aliphatic rings. The molecule has 1 aromatic rings. The first-order chi connectivity index (χ1) is 9.97. The van der Waals surface area contributed by atoms with Crippen LogP contribution in [0.1, 0.15) is 59.1 Å². The van der Waals surface area contributed by atoms with Gasteiger partial charge in [-0.3, -0.25) is 4.79 Å². The van der Waals surface area contributed by atoms with Crippen LogP contribution in [0.5, 0.6) is 0 Å². The van der Waals surface area contributed by atoms with E-state index in [-0.39, 0.29) is 28.3 Å². The molecule has 1 N–H and O–H groups in total. The Labute approximate surface area is 132 Å². The summed E-state index contributed by atoms with van der Waals surface area (Å²) < 4.78 is 13.8. The molecule has 0 radical (unpaired) electrons. The van der Waals surface area contributed by atoms with Crippen molar-refractivity contribution in [2.45, 2.75) is 58.9 Å². The summed E-state index contributed by atoms with van der Waals surface area (Å²) in [6.07, 6.45) is 0.367. The number of nitriles is 1. The van der Waals surface area contributed by atoms with E-state index in [1.165, 1.54) is 12.1 Å². The van der Waals surface area contributed by atoms with Crippen molar-refractivity contribution in [3.8, 4) is 6.07 Å². The zero-order chi connectivity index (χ0) is 17.1. The third kappa shape index (κ3) is 4.56. The molecule has 1 aromatic carbocycles. The van der Waals surface area contributed by atoms with E-state index in [2.05, 4.69) is 5.32 Å². The molecule has 1 rings (SSSR count). The summed E-state index contributed by atoms with van der Waals surface area (Å²) in [7, 11) is 0. The van der Waals surface area contributed by atoms with Crippen molar-refractivity contribution in [2.24, 2.45) is 5.92 Å². The largest absolute Gasteiger partial charge is 0.352 e. The maximum absolute atomic E-state index is 13.8. The van der Waals surface area contributed by atoms with Gasteiger partial charge in [0.25, 0.3) is 0 Å². The quantitative estimate of drug-likeness (QED) is 0.916. The van der Waals surface area contributed by atoms with Crippen LogP contribution in [0.2, 0.25) is 0 Å². The highest BCUT2D eigenvalue weighted by Crippen LogP contribution is 2.34. The molecule has 0 bridgehead atoms. The molecule has 3 nitrogen and oxygen atoms in total. The average Bonchev–Trinajstić information content (AvgIpc) is 2.35. The Morgan fingerprint density at radius 3 is 2.36 bits per heavy atom. The molecule has 0 aliphatic carbocycles. The monoisotopic (exact) mass is 304 g/mol. The molecule has 4 heteroatoms. The maximum Gasteiger partial charge on any atom is 0.220 e. The predicted molar refractivity (Wildman–Crippen MR) is 85.8 cm³/mol. The van der Waals surface area contributed by atoms with Crippen LogP contribution in [-0.2, 0) is 10.2 Å². The lowest BCUT2D eigenvalue weighted by Gasteiger charge is -2.33. The van der Waals surface area contributed by atoms with Gasteiger partial charge in [-0.2, -0.15) is 5.26 Å². The summed E-state index contributed by atoms with van der Waals surface area (Å²) >= 11 is 0. The zero-order valence-corrected chi connectivity index (χ0v) is 14.2. The highest BCUT2D eigenvalue weighted by Gasteiger charge is 2.31. The SMILES string of the molecule is CC(CC(=O)NC(C)(C)C)C(C)(C)c1ccc(C#N)c(F)c1. The molecule has 0 saturated carbocycles. The van der Waals surface area contributed by atoms with Crippen LogP contribution >= 0.6 is 0 Å². The number of amides is 1. The van der Waals surface area contributed by atoms with Crippen LogP contribution in [-0.4, -0.2) is 11.4 Å². The van der Waals surface area contributed by atoms with Gasteiger partial charge in [0.2, 0.25) is 5.91 Å². The molecule has 1 amide bonds. The molecular weight excluding hydrogens is 279 g/mol. The Morgan fingerprint density at radius 1 is 1.32 bits per heavy atom. The van der Waals surface area contributed by atoms with Gasteiger partial charge in [0.15, 0.2) is 0 Å². The number of carbonyl (C=O) groups excluding carboxylic acids is 1. The molecule has 22 heavy (non-hydrogen) atoms. The van der Waals surface area contributed by atoms with Gasteiger partial charge in [-0.1, -0.05) is 26.8 Å². The minimum atomic E-state index is -0.514. The lowest BCUT2D eigenvalue weighted by molar-refractivity contribution is -0.123. The number of halogens is 1. The van der Waals surface area contributed by atoms with E-state index < -0.39 is 5.82 Å². The van der Waals surface area contributed by atoms with Crippen LogP contribution in [0.3, 0.4) is 0 Å². The fraction of sp³-hybridized carbons (Fsp3) is 0.556. The zero-order valence-electron chi connectivity index (χ0n) is 14.2. The van der Waals surface area contributed by atoms with Crippen LogP contribution in [0.4, 0.5) is 4.39 Å². The van der Waals surface area contributed by atoms with Crippen LogP contribution in [0.25, 0.3) is 0 Å². The summed E-state index contributed by atoms with van der Waals surface area (Å²) in [6.45, 7) is 11.8. The second-order valence-electron chi connectivity index (χ2n) is 7.43. The lowest BCUT2D eigenvalue weighted by Crippen LogP contribution is -2.42. The van der Waals surface area contributed by atoms with E-state index >= 15 is 0 Å². The fourth-order valence-corrected chi connectivity index (χ4v) is 2.29.